The van der Waals surface area contributed by atoms with Crippen LogP contribution in [0.4, 0.5) is 0 Å². The van der Waals surface area contributed by atoms with Gasteiger partial charge in [-0.25, -0.2) is 0 Å². The molecule has 0 N–H and O–H groups in total. The third kappa shape index (κ3) is 6.56. The second kappa shape index (κ2) is 15.1. The van der Waals surface area contributed by atoms with Gasteiger partial charge in [-0.1, -0.05) is 74.5 Å². The molecule has 4 nitrogen and oxygen atoms in total. The Kier molecular flexibility index (Phi) is 15.2. The number of hydrogen-bond donors (Lipinski definition) is 0. The van der Waals surface area contributed by atoms with E-state index in [2.05, 4.69) is 44.2 Å². The maximum absolute atomic E-state index is 12.4. The molecule has 5 heteroatoms. The van der Waals surface area contributed by atoms with Gasteiger partial charge in [0, 0.05) is 31.3 Å². The van der Waals surface area contributed by atoms with E-state index in [1.807, 2.05) is 50.2 Å². The topological polar surface area (TPSA) is 76.8 Å². The molecule has 2 aromatic carbocycles. The first-order valence-electron chi connectivity index (χ1n) is 7.39. The van der Waals surface area contributed by atoms with Gasteiger partial charge in [-0.3, -0.25) is 4.79 Å². The maximum atomic E-state index is 12.4. The Labute approximate surface area is 173 Å². The van der Waals surface area contributed by atoms with E-state index in [9.17, 15) is 4.79 Å². The van der Waals surface area contributed by atoms with E-state index in [4.69, 9.17) is 14.0 Å². The molecule has 1 saturated carbocycles. The number of benzene rings is 2. The molecular weight excluding hydrogens is 429 g/mol. The summed E-state index contributed by atoms with van der Waals surface area (Å²) in [5, 5.41) is 0. The van der Waals surface area contributed by atoms with Crippen molar-refractivity contribution < 1.29 is 38.2 Å². The normalized spacial score (nSPS) is 14.1. The SMILES string of the molecule is C[C]1[C](c2ccccc2)[C](c2ccccc2)[C](C)C1=O.[C-]#[O+].[C-]#[O+].[C-]#[O+].[Ru]. The predicted molar refractivity (Wildman–Crippen MR) is 92.2 cm³/mol. The molecule has 0 atom stereocenters. The standard InChI is InChI=1S/C19H16O.3CO.Ru/c1-13-17(15-9-5-3-6-10-15)18(14(2)19(13)20)16-11-7-4-8-12-16;3*1-2;/h3-12H,1-2H3;;;;. The monoisotopic (exact) mass is 446 g/mol. The fourth-order valence-corrected chi connectivity index (χ4v) is 2.81. The van der Waals surface area contributed by atoms with Crippen molar-refractivity contribution >= 4 is 5.78 Å². The minimum Gasteiger partial charge on any atom is 0 e. The van der Waals surface area contributed by atoms with Crippen molar-refractivity contribution in [3.05, 3.63) is 115 Å². The second-order valence-corrected chi connectivity index (χ2v) is 5.06. The van der Waals surface area contributed by atoms with Gasteiger partial charge in [-0.2, -0.15) is 0 Å². The van der Waals surface area contributed by atoms with E-state index in [1.54, 1.807) is 0 Å². The molecule has 0 unspecified atom stereocenters. The quantitative estimate of drug-likeness (QED) is 0.393. The van der Waals surface area contributed by atoms with Crippen LogP contribution in [0.15, 0.2) is 60.7 Å². The van der Waals surface area contributed by atoms with E-state index >= 15 is 0 Å². The summed E-state index contributed by atoms with van der Waals surface area (Å²) in [5.41, 5.74) is 2.21. The van der Waals surface area contributed by atoms with Gasteiger partial charge in [0.1, 0.15) is 5.78 Å². The molecule has 4 radical (unpaired) electrons. The van der Waals surface area contributed by atoms with Crippen LogP contribution in [0, 0.1) is 43.6 Å². The van der Waals surface area contributed by atoms with Crippen LogP contribution < -0.4 is 0 Å². The molecule has 1 fully saturated rings. The van der Waals surface area contributed by atoms with Crippen LogP contribution in [-0.4, -0.2) is 5.78 Å². The average molecular weight is 445 g/mol. The van der Waals surface area contributed by atoms with E-state index in [-0.39, 0.29) is 25.3 Å². The van der Waals surface area contributed by atoms with Crippen molar-refractivity contribution in [3.63, 3.8) is 0 Å². The summed E-state index contributed by atoms with van der Waals surface area (Å²) in [5.74, 6) is 3.97. The van der Waals surface area contributed by atoms with Crippen LogP contribution in [0.25, 0.3) is 0 Å². The number of Topliss-reactive ketones (excluding diaryl/α,β-unsaturated/α-hetero) is 1. The molecule has 1 aliphatic carbocycles. The molecule has 27 heavy (non-hydrogen) atoms. The van der Waals surface area contributed by atoms with Gasteiger partial charge in [0.15, 0.2) is 0 Å². The van der Waals surface area contributed by atoms with Crippen LogP contribution in [0.3, 0.4) is 0 Å². The number of carbonyl (C=O) groups is 1. The fraction of sp³-hybridized carbons (Fsp3) is 0.0909. The predicted octanol–water partition coefficient (Wildman–Crippen LogP) is 3.89. The van der Waals surface area contributed by atoms with Crippen molar-refractivity contribution in [2.75, 3.05) is 0 Å². The van der Waals surface area contributed by atoms with Crippen LogP contribution >= 0.6 is 0 Å². The minimum atomic E-state index is 0. The van der Waals surface area contributed by atoms with Gasteiger partial charge < -0.3 is 0 Å². The van der Waals surface area contributed by atoms with Gasteiger partial charge in [-0.05, 0) is 11.1 Å². The maximum Gasteiger partial charge on any atom is 0 e. The summed E-state index contributed by atoms with van der Waals surface area (Å²) in [7, 11) is 0. The van der Waals surface area contributed by atoms with Crippen molar-refractivity contribution in [2.45, 2.75) is 13.8 Å². The van der Waals surface area contributed by atoms with Crippen molar-refractivity contribution in [3.8, 4) is 0 Å². The summed E-state index contributed by atoms with van der Waals surface area (Å²) in [6, 6.07) is 20.3. The van der Waals surface area contributed by atoms with Gasteiger partial charge in [0.25, 0.3) is 0 Å². The molecule has 1 aliphatic rings. The number of rotatable bonds is 2. The molecule has 0 bridgehead atoms. The molecule has 136 valence electrons. The van der Waals surface area contributed by atoms with Gasteiger partial charge in [0.2, 0.25) is 0 Å². The largest absolute Gasteiger partial charge is 0 e. The first-order valence-corrected chi connectivity index (χ1v) is 7.39. The zero-order chi connectivity index (χ0) is 20.1. The average Bonchev–Trinajstić information content (AvgIpc) is 2.98. The third-order valence-corrected chi connectivity index (χ3v) is 3.81. The Bertz CT molecular complexity index is 654. The van der Waals surface area contributed by atoms with Crippen LogP contribution in [0.2, 0.25) is 0 Å². The molecule has 0 aromatic heterocycles. The first-order chi connectivity index (χ1) is 12.7. The van der Waals surface area contributed by atoms with Gasteiger partial charge in [0.05, 0.1) is 11.8 Å². The Morgan fingerprint density at radius 1 is 0.593 bits per heavy atom. The molecular formula is C22H16O4Ru. The Morgan fingerprint density at radius 2 is 0.852 bits per heavy atom. The third-order valence-electron chi connectivity index (χ3n) is 3.81. The van der Waals surface area contributed by atoms with E-state index in [0.717, 1.165) is 34.8 Å². The van der Waals surface area contributed by atoms with Gasteiger partial charge in [-0.15, -0.1) is 0 Å². The second-order valence-electron chi connectivity index (χ2n) is 5.06. The van der Waals surface area contributed by atoms with E-state index < -0.39 is 0 Å². The Balaban J connectivity index is 0. The van der Waals surface area contributed by atoms with Gasteiger partial charge >= 0.3 is 33.9 Å². The zero-order valence-corrected chi connectivity index (χ0v) is 16.5. The molecule has 0 saturated heterocycles. The smallest absolute Gasteiger partial charge is 0 e. The number of hydrogen-bond acceptors (Lipinski definition) is 1. The van der Waals surface area contributed by atoms with Crippen LogP contribution in [-0.2, 0) is 38.2 Å². The van der Waals surface area contributed by atoms with Crippen LogP contribution in [0.1, 0.15) is 25.0 Å². The van der Waals surface area contributed by atoms with E-state index in [1.165, 1.54) is 0 Å². The number of ketones is 1. The summed E-state index contributed by atoms with van der Waals surface area (Å²) in [6.07, 6.45) is 0. The van der Waals surface area contributed by atoms with Crippen molar-refractivity contribution in [1.29, 1.82) is 0 Å². The number of carbonyl (C=O) groups excluding carboxylic acids is 1. The summed E-state index contributed by atoms with van der Waals surface area (Å²) < 4.78 is 22.5. The fourth-order valence-electron chi connectivity index (χ4n) is 2.81. The first kappa shape index (κ1) is 27.2. The van der Waals surface area contributed by atoms with E-state index in [0.29, 0.717) is 0 Å². The minimum absolute atomic E-state index is 0. The Morgan fingerprint density at radius 3 is 1.11 bits per heavy atom. The molecule has 2 aromatic rings. The molecule has 0 spiro atoms. The molecule has 3 rings (SSSR count). The molecule has 0 heterocycles. The summed E-state index contributed by atoms with van der Waals surface area (Å²) in [4.78, 5) is 12.4. The van der Waals surface area contributed by atoms with Crippen molar-refractivity contribution in [1.82, 2.24) is 0 Å². The van der Waals surface area contributed by atoms with Crippen molar-refractivity contribution in [2.24, 2.45) is 0 Å². The molecule has 0 amide bonds. The molecule has 0 aliphatic heterocycles. The van der Waals surface area contributed by atoms with Crippen LogP contribution in [0.5, 0.6) is 0 Å². The summed E-state index contributed by atoms with van der Waals surface area (Å²) >= 11 is 0. The summed E-state index contributed by atoms with van der Waals surface area (Å²) in [6.45, 7) is 17.3. The zero-order valence-electron chi connectivity index (χ0n) is 14.8. The Hall–Kier alpha value is -2.05.